The third kappa shape index (κ3) is 3.67. The molecule has 1 fully saturated rings. The third-order valence-corrected chi connectivity index (χ3v) is 4.67. The maximum absolute atomic E-state index is 12.4. The zero-order valence-electron chi connectivity index (χ0n) is 15.0. The van der Waals surface area contributed by atoms with Crippen LogP contribution in [0.15, 0.2) is 42.5 Å². The summed E-state index contributed by atoms with van der Waals surface area (Å²) < 4.78 is 10.6. The molecular formula is C20H21N3O4. The number of nitrogens with one attached hydrogen (secondary N) is 2. The maximum Gasteiger partial charge on any atom is 0.246 e. The predicted molar refractivity (Wildman–Crippen MR) is 102 cm³/mol. The second-order valence-electron chi connectivity index (χ2n) is 6.62. The minimum absolute atomic E-state index is 0.159. The van der Waals surface area contributed by atoms with Crippen molar-refractivity contribution in [1.29, 1.82) is 0 Å². The Balaban J connectivity index is 1.36. The lowest BCUT2D eigenvalue weighted by molar-refractivity contribution is -0.117. The molecule has 4 rings (SSSR count). The van der Waals surface area contributed by atoms with Crippen LogP contribution < -0.4 is 25.0 Å². The van der Waals surface area contributed by atoms with E-state index < -0.39 is 6.04 Å². The Kier molecular flexibility index (Phi) is 4.58. The van der Waals surface area contributed by atoms with Crippen molar-refractivity contribution in [2.45, 2.75) is 25.8 Å². The first-order valence-electron chi connectivity index (χ1n) is 8.97. The molecule has 0 spiro atoms. The normalized spacial score (nSPS) is 16.3. The molecule has 0 radical (unpaired) electrons. The first-order valence-corrected chi connectivity index (χ1v) is 8.97. The number of amides is 2. The molecule has 2 aromatic rings. The molecule has 2 amide bonds. The molecule has 140 valence electrons. The van der Waals surface area contributed by atoms with E-state index in [-0.39, 0.29) is 18.6 Å². The minimum atomic E-state index is -0.435. The molecule has 0 saturated carbocycles. The van der Waals surface area contributed by atoms with Gasteiger partial charge in [0.25, 0.3) is 0 Å². The van der Waals surface area contributed by atoms with Crippen LogP contribution in [0, 0.1) is 0 Å². The Morgan fingerprint density at radius 1 is 1.07 bits per heavy atom. The van der Waals surface area contributed by atoms with Crippen LogP contribution in [0.1, 0.15) is 19.8 Å². The zero-order chi connectivity index (χ0) is 18.8. The summed E-state index contributed by atoms with van der Waals surface area (Å²) in [5.41, 5.74) is 2.36. The lowest BCUT2D eigenvalue weighted by Crippen LogP contribution is -2.31. The molecule has 0 aliphatic carbocycles. The molecule has 2 aromatic carbocycles. The van der Waals surface area contributed by atoms with Crippen LogP contribution in [-0.2, 0) is 9.59 Å². The maximum atomic E-state index is 12.4. The van der Waals surface area contributed by atoms with Crippen LogP contribution in [0.4, 0.5) is 17.1 Å². The largest absolute Gasteiger partial charge is 0.454 e. The third-order valence-electron chi connectivity index (χ3n) is 4.67. The second kappa shape index (κ2) is 7.19. The van der Waals surface area contributed by atoms with Gasteiger partial charge in [-0.1, -0.05) is 0 Å². The van der Waals surface area contributed by atoms with Gasteiger partial charge in [-0.25, -0.2) is 0 Å². The molecule has 2 heterocycles. The van der Waals surface area contributed by atoms with Crippen LogP contribution in [0.2, 0.25) is 0 Å². The highest BCUT2D eigenvalue weighted by Gasteiger charge is 2.21. The highest BCUT2D eigenvalue weighted by Crippen LogP contribution is 2.34. The Hall–Kier alpha value is -3.22. The molecule has 1 atom stereocenters. The fourth-order valence-corrected chi connectivity index (χ4v) is 3.20. The van der Waals surface area contributed by atoms with Gasteiger partial charge >= 0.3 is 0 Å². The molecule has 0 aromatic heterocycles. The van der Waals surface area contributed by atoms with Gasteiger partial charge in [0.1, 0.15) is 6.04 Å². The van der Waals surface area contributed by atoms with Crippen LogP contribution >= 0.6 is 0 Å². The van der Waals surface area contributed by atoms with Crippen molar-refractivity contribution < 1.29 is 19.1 Å². The first kappa shape index (κ1) is 17.2. The van der Waals surface area contributed by atoms with Crippen molar-refractivity contribution in [2.75, 3.05) is 28.9 Å². The molecule has 1 unspecified atom stereocenters. The molecule has 0 bridgehead atoms. The van der Waals surface area contributed by atoms with Crippen LogP contribution in [0.5, 0.6) is 11.5 Å². The van der Waals surface area contributed by atoms with Gasteiger partial charge in [0.2, 0.25) is 18.6 Å². The molecular weight excluding hydrogens is 346 g/mol. The topological polar surface area (TPSA) is 79.9 Å². The number of hydrogen-bond donors (Lipinski definition) is 2. The number of carbonyl (C=O) groups is 2. The number of fused-ring (bicyclic) bond motifs is 1. The van der Waals surface area contributed by atoms with E-state index in [9.17, 15) is 9.59 Å². The summed E-state index contributed by atoms with van der Waals surface area (Å²) in [7, 11) is 0. The molecule has 2 aliphatic rings. The van der Waals surface area contributed by atoms with Gasteiger partial charge in [-0.2, -0.15) is 0 Å². The van der Waals surface area contributed by atoms with Crippen LogP contribution in [0.3, 0.4) is 0 Å². The lowest BCUT2D eigenvalue weighted by atomic mass is 10.2. The molecule has 1 saturated heterocycles. The van der Waals surface area contributed by atoms with E-state index in [1.807, 2.05) is 24.3 Å². The number of rotatable bonds is 5. The van der Waals surface area contributed by atoms with Gasteiger partial charge in [-0.15, -0.1) is 0 Å². The van der Waals surface area contributed by atoms with E-state index in [0.29, 0.717) is 23.6 Å². The Morgan fingerprint density at radius 2 is 1.81 bits per heavy atom. The van der Waals surface area contributed by atoms with E-state index in [1.54, 1.807) is 30.0 Å². The number of anilines is 3. The summed E-state index contributed by atoms with van der Waals surface area (Å²) in [5, 5.41) is 6.04. The zero-order valence-corrected chi connectivity index (χ0v) is 15.0. The van der Waals surface area contributed by atoms with Gasteiger partial charge in [0, 0.05) is 36.1 Å². The van der Waals surface area contributed by atoms with E-state index in [4.69, 9.17) is 9.47 Å². The fourth-order valence-electron chi connectivity index (χ4n) is 3.20. The first-order chi connectivity index (χ1) is 13.1. The Labute approximate surface area is 157 Å². The smallest absolute Gasteiger partial charge is 0.246 e. The van der Waals surface area contributed by atoms with Crippen molar-refractivity contribution in [3.05, 3.63) is 42.5 Å². The highest BCUT2D eigenvalue weighted by molar-refractivity contribution is 5.97. The van der Waals surface area contributed by atoms with Crippen molar-refractivity contribution in [3.8, 4) is 11.5 Å². The van der Waals surface area contributed by atoms with Crippen molar-refractivity contribution in [3.63, 3.8) is 0 Å². The van der Waals surface area contributed by atoms with Crippen LogP contribution in [0.25, 0.3) is 0 Å². The van der Waals surface area contributed by atoms with Crippen molar-refractivity contribution >= 4 is 28.9 Å². The van der Waals surface area contributed by atoms with Crippen molar-refractivity contribution in [2.24, 2.45) is 0 Å². The van der Waals surface area contributed by atoms with E-state index in [1.165, 1.54) is 0 Å². The average molecular weight is 367 g/mol. The summed E-state index contributed by atoms with van der Waals surface area (Å²) in [4.78, 5) is 26.0. The monoisotopic (exact) mass is 367 g/mol. The Bertz CT molecular complexity index is 866. The van der Waals surface area contributed by atoms with Gasteiger partial charge in [0.15, 0.2) is 11.5 Å². The summed E-state index contributed by atoms with van der Waals surface area (Å²) in [5.74, 6) is 1.30. The second-order valence-corrected chi connectivity index (χ2v) is 6.62. The number of carbonyl (C=O) groups excluding carboxylic acids is 2. The van der Waals surface area contributed by atoms with E-state index >= 15 is 0 Å². The summed E-state index contributed by atoms with van der Waals surface area (Å²) >= 11 is 0. The molecule has 7 heteroatoms. The van der Waals surface area contributed by atoms with E-state index in [2.05, 4.69) is 10.6 Å². The number of ether oxygens (including phenoxy) is 2. The standard InChI is InChI=1S/C20H21N3O4/c1-13(20(25)22-15-6-9-17-18(11-15)27-12-26-17)21-14-4-7-16(8-5-14)23-10-2-3-19(23)24/h4-9,11,13,21H,2-3,10,12H2,1H3,(H,22,25). The summed E-state index contributed by atoms with van der Waals surface area (Å²) in [6, 6.07) is 12.4. The van der Waals surface area contributed by atoms with Gasteiger partial charge in [-0.05, 0) is 49.7 Å². The van der Waals surface area contributed by atoms with Gasteiger partial charge < -0.3 is 25.0 Å². The summed E-state index contributed by atoms with van der Waals surface area (Å²) in [6.45, 7) is 2.75. The number of benzene rings is 2. The Morgan fingerprint density at radius 3 is 2.56 bits per heavy atom. The predicted octanol–water partition coefficient (Wildman–Crippen LogP) is 2.98. The number of hydrogen-bond acceptors (Lipinski definition) is 5. The quantitative estimate of drug-likeness (QED) is 0.849. The fraction of sp³-hybridized carbons (Fsp3) is 0.300. The van der Waals surface area contributed by atoms with Crippen LogP contribution in [-0.4, -0.2) is 31.2 Å². The molecule has 7 nitrogen and oxygen atoms in total. The van der Waals surface area contributed by atoms with Gasteiger partial charge in [0.05, 0.1) is 0 Å². The van der Waals surface area contributed by atoms with Crippen molar-refractivity contribution in [1.82, 2.24) is 0 Å². The molecule has 27 heavy (non-hydrogen) atoms. The minimum Gasteiger partial charge on any atom is -0.454 e. The molecule has 2 aliphatic heterocycles. The average Bonchev–Trinajstić information content (AvgIpc) is 3.30. The molecule has 2 N–H and O–H groups in total. The summed E-state index contributed by atoms with van der Waals surface area (Å²) in [6.07, 6.45) is 1.51. The lowest BCUT2D eigenvalue weighted by Gasteiger charge is -2.18. The number of nitrogens with zero attached hydrogens (tertiary/aromatic N) is 1. The van der Waals surface area contributed by atoms with Gasteiger partial charge in [-0.3, -0.25) is 9.59 Å². The van der Waals surface area contributed by atoms with E-state index in [0.717, 1.165) is 24.3 Å². The highest BCUT2D eigenvalue weighted by atomic mass is 16.7. The SMILES string of the molecule is CC(Nc1ccc(N2CCCC2=O)cc1)C(=O)Nc1ccc2c(c1)OCO2.